The van der Waals surface area contributed by atoms with Crippen molar-refractivity contribution in [2.45, 2.75) is 43.8 Å². The molecule has 1 amide bonds. The Morgan fingerprint density at radius 3 is 2.76 bits per heavy atom. The van der Waals surface area contributed by atoms with Gasteiger partial charge in [-0.15, -0.1) is 11.3 Å². The summed E-state index contributed by atoms with van der Waals surface area (Å²) in [4.78, 5) is 16.6. The second-order valence-electron chi connectivity index (χ2n) is 6.20. The monoisotopic (exact) mass is 376 g/mol. The van der Waals surface area contributed by atoms with Crippen LogP contribution in [0.15, 0.2) is 29.6 Å². The molecule has 0 atom stereocenters. The number of anilines is 1. The fraction of sp³-hybridized carbons (Fsp3) is 0.474. The number of carbonyl (C=O) groups excluding carboxylic acids is 1. The number of nitrogens with zero attached hydrogens (tertiary/aromatic N) is 1. The van der Waals surface area contributed by atoms with E-state index in [4.69, 9.17) is 4.74 Å². The van der Waals surface area contributed by atoms with E-state index >= 15 is 0 Å². The molecule has 4 nitrogen and oxygen atoms in total. The van der Waals surface area contributed by atoms with Crippen LogP contribution < -0.4 is 10.1 Å². The van der Waals surface area contributed by atoms with Crippen molar-refractivity contribution < 1.29 is 9.53 Å². The van der Waals surface area contributed by atoms with Crippen molar-refractivity contribution in [3.05, 3.63) is 29.6 Å². The normalized spacial score (nSPS) is 15.1. The van der Waals surface area contributed by atoms with Gasteiger partial charge in [0.15, 0.2) is 5.13 Å². The van der Waals surface area contributed by atoms with Crippen LogP contribution in [0.1, 0.15) is 38.5 Å². The minimum atomic E-state index is 0.0546. The Hall–Kier alpha value is -1.53. The van der Waals surface area contributed by atoms with Gasteiger partial charge in [-0.1, -0.05) is 19.3 Å². The van der Waals surface area contributed by atoms with Crippen molar-refractivity contribution in [1.29, 1.82) is 0 Å². The maximum absolute atomic E-state index is 12.1. The molecule has 1 heterocycles. The third-order valence-corrected chi connectivity index (χ3v) is 6.51. The number of hydrogen-bond donors (Lipinski definition) is 1. The molecule has 1 fully saturated rings. The number of ether oxygens (including phenoxy) is 1. The van der Waals surface area contributed by atoms with Crippen molar-refractivity contribution >= 4 is 34.1 Å². The Morgan fingerprint density at radius 2 is 2.04 bits per heavy atom. The average Bonchev–Trinajstić information content (AvgIpc) is 3.11. The summed E-state index contributed by atoms with van der Waals surface area (Å²) in [6, 6.07) is 7.77. The molecular weight excluding hydrogens is 352 g/mol. The van der Waals surface area contributed by atoms with E-state index in [-0.39, 0.29) is 5.91 Å². The highest BCUT2D eigenvalue weighted by Crippen LogP contribution is 2.29. The molecule has 0 saturated heterocycles. The second kappa shape index (κ2) is 9.25. The smallest absolute Gasteiger partial charge is 0.226 e. The van der Waals surface area contributed by atoms with Gasteiger partial charge in [0.1, 0.15) is 5.75 Å². The van der Waals surface area contributed by atoms with Gasteiger partial charge in [-0.05, 0) is 37.1 Å². The molecule has 6 heteroatoms. The first-order valence-electron chi connectivity index (χ1n) is 8.76. The van der Waals surface area contributed by atoms with Crippen LogP contribution >= 0.6 is 23.1 Å². The zero-order valence-electron chi connectivity index (χ0n) is 14.5. The van der Waals surface area contributed by atoms with Gasteiger partial charge < -0.3 is 10.1 Å². The number of aromatic nitrogens is 1. The molecule has 1 aromatic carbocycles. The number of thioether (sulfide) groups is 1. The van der Waals surface area contributed by atoms with Gasteiger partial charge in [0.05, 0.1) is 12.8 Å². The Labute approximate surface area is 157 Å². The number of carbonyl (C=O) groups is 1. The molecule has 25 heavy (non-hydrogen) atoms. The Balaban J connectivity index is 1.46. The van der Waals surface area contributed by atoms with Gasteiger partial charge in [-0.25, -0.2) is 4.98 Å². The van der Waals surface area contributed by atoms with Crippen LogP contribution in [-0.4, -0.2) is 29.0 Å². The van der Waals surface area contributed by atoms with Crippen molar-refractivity contribution in [3.63, 3.8) is 0 Å². The first-order valence-corrected chi connectivity index (χ1v) is 10.7. The van der Waals surface area contributed by atoms with Crippen LogP contribution in [0.3, 0.4) is 0 Å². The topological polar surface area (TPSA) is 51.2 Å². The number of nitrogens with one attached hydrogen (secondary N) is 1. The summed E-state index contributed by atoms with van der Waals surface area (Å²) >= 11 is 3.42. The third-order valence-electron chi connectivity index (χ3n) is 4.37. The lowest BCUT2D eigenvalue weighted by molar-refractivity contribution is -0.115. The number of hydrogen-bond acceptors (Lipinski definition) is 5. The zero-order valence-corrected chi connectivity index (χ0v) is 16.1. The molecule has 0 unspecified atom stereocenters. The highest BCUT2D eigenvalue weighted by molar-refractivity contribution is 7.99. The summed E-state index contributed by atoms with van der Waals surface area (Å²) in [5, 5.41) is 6.31. The lowest BCUT2D eigenvalue weighted by atomic mass is 10.0. The number of benzene rings is 1. The molecule has 0 radical (unpaired) electrons. The van der Waals surface area contributed by atoms with Crippen LogP contribution in [0.5, 0.6) is 5.75 Å². The van der Waals surface area contributed by atoms with E-state index < -0.39 is 0 Å². The third kappa shape index (κ3) is 5.47. The van der Waals surface area contributed by atoms with E-state index in [0.717, 1.165) is 28.0 Å². The molecule has 1 aromatic heterocycles. The molecule has 1 aliphatic carbocycles. The van der Waals surface area contributed by atoms with Gasteiger partial charge in [-0.3, -0.25) is 4.79 Å². The van der Waals surface area contributed by atoms with Crippen LogP contribution in [-0.2, 0) is 4.79 Å². The standard InChI is InChI=1S/C19H24N2O2S2/c1-23-15-9-7-14(8-10-15)17-13-25-19(20-17)21-18(22)11-12-24-16-5-3-2-4-6-16/h7-10,13,16H,2-6,11-12H2,1H3,(H,20,21,22). The molecule has 1 saturated carbocycles. The van der Waals surface area contributed by atoms with Crippen LogP contribution in [0, 0.1) is 0 Å². The predicted molar refractivity (Wildman–Crippen MR) is 107 cm³/mol. The average molecular weight is 377 g/mol. The van der Waals surface area contributed by atoms with Gasteiger partial charge in [0, 0.05) is 28.4 Å². The molecule has 1 N–H and O–H groups in total. The lowest BCUT2D eigenvalue weighted by Gasteiger charge is -2.20. The molecule has 0 aliphatic heterocycles. The maximum Gasteiger partial charge on any atom is 0.226 e. The molecule has 0 spiro atoms. The first-order chi connectivity index (χ1) is 12.2. The fourth-order valence-electron chi connectivity index (χ4n) is 2.96. The summed E-state index contributed by atoms with van der Waals surface area (Å²) in [7, 11) is 1.65. The summed E-state index contributed by atoms with van der Waals surface area (Å²) in [5.41, 5.74) is 1.89. The van der Waals surface area contributed by atoms with Crippen LogP contribution in [0.2, 0.25) is 0 Å². The van der Waals surface area contributed by atoms with Crippen LogP contribution in [0.25, 0.3) is 11.3 Å². The summed E-state index contributed by atoms with van der Waals surface area (Å²) in [5.74, 6) is 1.77. The number of amides is 1. The Bertz CT molecular complexity index is 679. The van der Waals surface area contributed by atoms with E-state index in [0.29, 0.717) is 11.6 Å². The minimum absolute atomic E-state index is 0.0546. The highest BCUT2D eigenvalue weighted by atomic mass is 32.2. The highest BCUT2D eigenvalue weighted by Gasteiger charge is 2.14. The SMILES string of the molecule is COc1ccc(-c2csc(NC(=O)CCSC3CCCCC3)n2)cc1. The van der Waals surface area contributed by atoms with Gasteiger partial charge >= 0.3 is 0 Å². The van der Waals surface area contributed by atoms with Crippen molar-refractivity contribution in [2.24, 2.45) is 0 Å². The summed E-state index contributed by atoms with van der Waals surface area (Å²) in [6.45, 7) is 0. The second-order valence-corrected chi connectivity index (χ2v) is 8.46. The number of rotatable bonds is 7. The van der Waals surface area contributed by atoms with E-state index in [9.17, 15) is 4.79 Å². The van der Waals surface area contributed by atoms with Gasteiger partial charge in [-0.2, -0.15) is 11.8 Å². The Morgan fingerprint density at radius 1 is 1.28 bits per heavy atom. The molecule has 134 valence electrons. The predicted octanol–water partition coefficient (Wildman–Crippen LogP) is 5.21. The molecular formula is C19H24N2O2S2. The number of thiazole rings is 1. The van der Waals surface area contributed by atoms with E-state index in [1.807, 2.05) is 41.4 Å². The van der Waals surface area contributed by atoms with Crippen molar-refractivity contribution in [1.82, 2.24) is 4.98 Å². The molecule has 0 bridgehead atoms. The van der Waals surface area contributed by atoms with E-state index in [1.54, 1.807) is 7.11 Å². The molecule has 3 rings (SSSR count). The van der Waals surface area contributed by atoms with Crippen molar-refractivity contribution in [3.8, 4) is 17.0 Å². The fourth-order valence-corrected chi connectivity index (χ4v) is 5.00. The minimum Gasteiger partial charge on any atom is -0.497 e. The maximum atomic E-state index is 12.1. The number of methoxy groups -OCH3 is 1. The molecule has 2 aromatic rings. The summed E-state index contributed by atoms with van der Waals surface area (Å²) < 4.78 is 5.17. The van der Waals surface area contributed by atoms with Gasteiger partial charge in [0.2, 0.25) is 5.91 Å². The largest absolute Gasteiger partial charge is 0.497 e. The van der Waals surface area contributed by atoms with E-state index in [2.05, 4.69) is 10.3 Å². The van der Waals surface area contributed by atoms with Crippen molar-refractivity contribution in [2.75, 3.05) is 18.2 Å². The van der Waals surface area contributed by atoms with Crippen LogP contribution in [0.4, 0.5) is 5.13 Å². The first kappa shape index (κ1) is 18.3. The Kier molecular flexibility index (Phi) is 6.76. The zero-order chi connectivity index (χ0) is 17.5. The quantitative estimate of drug-likeness (QED) is 0.720. The summed E-state index contributed by atoms with van der Waals surface area (Å²) in [6.07, 6.45) is 7.24. The lowest BCUT2D eigenvalue weighted by Crippen LogP contribution is -2.14. The van der Waals surface area contributed by atoms with Gasteiger partial charge in [0.25, 0.3) is 0 Å². The molecule has 1 aliphatic rings. The van der Waals surface area contributed by atoms with E-state index in [1.165, 1.54) is 43.4 Å².